The molecule has 4 aromatic carbocycles. The van der Waals surface area contributed by atoms with Gasteiger partial charge in [0.1, 0.15) is 6.04 Å². The quantitative estimate of drug-likeness (QED) is 0.267. The van der Waals surface area contributed by atoms with Gasteiger partial charge in [-0.3, -0.25) is 4.79 Å². The molecule has 0 aliphatic carbocycles. The maximum atomic E-state index is 13.3. The van der Waals surface area contributed by atoms with Gasteiger partial charge in [0.2, 0.25) is 0 Å². The van der Waals surface area contributed by atoms with Gasteiger partial charge in [-0.05, 0) is 76.1 Å². The summed E-state index contributed by atoms with van der Waals surface area (Å²) in [5.74, 6) is -0.754. The summed E-state index contributed by atoms with van der Waals surface area (Å²) in [5, 5.41) is 14.7. The Kier molecular flexibility index (Phi) is 10.2. The predicted molar refractivity (Wildman–Crippen MR) is 152 cm³/mol. The molecule has 37 heavy (non-hydrogen) atoms. The van der Waals surface area contributed by atoms with Crippen LogP contribution in [-0.2, 0) is 4.79 Å². The maximum Gasteiger partial charge on any atom is 1.00 e. The molecule has 0 aliphatic heterocycles. The van der Waals surface area contributed by atoms with Crippen molar-refractivity contribution in [3.63, 3.8) is 0 Å². The van der Waals surface area contributed by atoms with Gasteiger partial charge in [-0.1, -0.05) is 84.9 Å². The van der Waals surface area contributed by atoms with E-state index in [2.05, 4.69) is 35.7 Å². The van der Waals surface area contributed by atoms with Crippen molar-refractivity contribution < 1.29 is 35.0 Å². The molecule has 4 nitrogen and oxygen atoms in total. The zero-order chi connectivity index (χ0) is 25.5. The number of nitrogens with one attached hydrogen (secondary N) is 1. The SMILES string of the molecule is CSCCC(NC(=O)c1ccc(C=Cc2cccc3ccccc23)cc1-c1ccccc1C)C(=O)O.[H-].[Li+]. The Balaban J connectivity index is 0.00000253. The van der Waals surface area contributed by atoms with E-state index >= 15 is 0 Å². The second kappa shape index (κ2) is 13.4. The van der Waals surface area contributed by atoms with Crippen LogP contribution in [0.4, 0.5) is 0 Å². The third-order valence-corrected chi connectivity index (χ3v) is 6.86. The summed E-state index contributed by atoms with van der Waals surface area (Å²) >= 11 is 1.56. The Morgan fingerprint density at radius 2 is 1.68 bits per heavy atom. The summed E-state index contributed by atoms with van der Waals surface area (Å²) in [4.78, 5) is 25.0. The number of aliphatic carboxylic acids is 1. The molecular formula is C31H30LiNO3S. The van der Waals surface area contributed by atoms with Crippen molar-refractivity contribution in [1.29, 1.82) is 0 Å². The van der Waals surface area contributed by atoms with E-state index in [4.69, 9.17) is 0 Å². The number of carboxylic acid groups (broad SMARTS) is 1. The summed E-state index contributed by atoms with van der Waals surface area (Å²) in [6.45, 7) is 2.01. The minimum Gasteiger partial charge on any atom is -1.00 e. The first-order valence-electron chi connectivity index (χ1n) is 11.9. The molecule has 0 aliphatic rings. The molecule has 1 amide bonds. The number of benzene rings is 4. The molecule has 0 fully saturated rings. The summed E-state index contributed by atoms with van der Waals surface area (Å²) in [6.07, 6.45) is 6.42. The van der Waals surface area contributed by atoms with Crippen LogP contribution in [0, 0.1) is 6.92 Å². The molecule has 0 saturated heterocycles. The van der Waals surface area contributed by atoms with E-state index in [1.807, 2.05) is 73.9 Å². The van der Waals surface area contributed by atoms with Crippen molar-refractivity contribution in [2.45, 2.75) is 19.4 Å². The molecule has 4 rings (SSSR count). The molecule has 4 aromatic rings. The molecule has 0 aromatic heterocycles. The van der Waals surface area contributed by atoms with Gasteiger partial charge in [0.15, 0.2) is 0 Å². The molecule has 0 radical (unpaired) electrons. The van der Waals surface area contributed by atoms with Crippen molar-refractivity contribution in [2.75, 3.05) is 12.0 Å². The van der Waals surface area contributed by atoms with Crippen LogP contribution >= 0.6 is 11.8 Å². The summed E-state index contributed by atoms with van der Waals surface area (Å²) < 4.78 is 0. The van der Waals surface area contributed by atoms with Gasteiger partial charge in [-0.15, -0.1) is 0 Å². The van der Waals surface area contributed by atoms with Crippen LogP contribution in [-0.4, -0.2) is 35.0 Å². The first-order valence-corrected chi connectivity index (χ1v) is 13.3. The van der Waals surface area contributed by atoms with Gasteiger partial charge >= 0.3 is 24.8 Å². The van der Waals surface area contributed by atoms with Gasteiger partial charge in [-0.25, -0.2) is 4.79 Å². The average molecular weight is 504 g/mol. The third kappa shape index (κ3) is 6.96. The Labute approximate surface area is 235 Å². The number of hydrogen-bond donors (Lipinski definition) is 2. The van der Waals surface area contributed by atoms with Crippen LogP contribution in [0.3, 0.4) is 0 Å². The van der Waals surface area contributed by atoms with Gasteiger partial charge in [0.05, 0.1) is 0 Å². The van der Waals surface area contributed by atoms with Crippen molar-refractivity contribution in [2.24, 2.45) is 0 Å². The largest absolute Gasteiger partial charge is 1.00 e. The fraction of sp³-hybridized carbons (Fsp3) is 0.161. The summed E-state index contributed by atoms with van der Waals surface area (Å²) in [7, 11) is 0. The molecule has 1 atom stereocenters. The maximum absolute atomic E-state index is 13.3. The summed E-state index contributed by atoms with van der Waals surface area (Å²) in [6, 6.07) is 27.2. The van der Waals surface area contributed by atoms with E-state index in [1.54, 1.807) is 17.8 Å². The van der Waals surface area contributed by atoms with Gasteiger partial charge in [-0.2, -0.15) is 11.8 Å². The average Bonchev–Trinajstić information content (AvgIpc) is 2.89. The minimum atomic E-state index is -1.02. The van der Waals surface area contributed by atoms with Gasteiger partial charge < -0.3 is 11.8 Å². The van der Waals surface area contributed by atoms with Crippen LogP contribution in [0.1, 0.15) is 34.9 Å². The Hall–Kier alpha value is -3.23. The Morgan fingerprint density at radius 1 is 0.946 bits per heavy atom. The van der Waals surface area contributed by atoms with Crippen LogP contribution in [0.5, 0.6) is 0 Å². The molecule has 6 heteroatoms. The van der Waals surface area contributed by atoms with Crippen LogP contribution < -0.4 is 24.2 Å². The fourth-order valence-corrected chi connectivity index (χ4v) is 4.74. The summed E-state index contributed by atoms with van der Waals surface area (Å²) in [5.41, 5.74) is 5.29. The number of amides is 1. The molecule has 184 valence electrons. The molecule has 0 heterocycles. The second-order valence-electron chi connectivity index (χ2n) is 8.67. The molecule has 0 bridgehead atoms. The number of carbonyl (C=O) groups is 2. The Bertz CT molecular complexity index is 1430. The Morgan fingerprint density at radius 3 is 2.43 bits per heavy atom. The van der Waals surface area contributed by atoms with E-state index in [-0.39, 0.29) is 26.2 Å². The minimum absolute atomic E-state index is 0. The van der Waals surface area contributed by atoms with Gasteiger partial charge in [0, 0.05) is 5.56 Å². The number of fused-ring (bicyclic) bond motifs is 1. The zero-order valence-electron chi connectivity index (χ0n) is 22.4. The number of rotatable bonds is 9. The third-order valence-electron chi connectivity index (χ3n) is 6.22. The molecule has 2 N–H and O–H groups in total. The first kappa shape index (κ1) is 28.3. The molecule has 0 spiro atoms. The first-order chi connectivity index (χ1) is 17.5. The smallest absolute Gasteiger partial charge is 1.00 e. The van der Waals surface area contributed by atoms with E-state index in [1.165, 1.54) is 10.8 Å². The van der Waals surface area contributed by atoms with Crippen LogP contribution in [0.2, 0.25) is 0 Å². The monoisotopic (exact) mass is 503 g/mol. The van der Waals surface area contributed by atoms with Gasteiger partial charge in [0.25, 0.3) is 5.91 Å². The standard InChI is InChI=1S/C31H29NO3S.Li.H/c1-21-8-3-5-12-25(21)28-20-22(14-16-24-11-7-10-23-9-4-6-13-26(23)24)15-17-27(28)30(33)32-29(31(34)35)18-19-36-2;;/h3-17,20,29H,18-19H2,1-2H3,(H,32,33)(H,34,35);;/q;+1;-1. The number of carboxylic acids is 1. The number of carbonyl (C=O) groups excluding carboxylic acids is 1. The molecule has 0 saturated carbocycles. The van der Waals surface area contributed by atoms with Crippen molar-refractivity contribution in [3.05, 3.63) is 107 Å². The topological polar surface area (TPSA) is 66.4 Å². The van der Waals surface area contributed by atoms with E-state index in [0.29, 0.717) is 17.7 Å². The van der Waals surface area contributed by atoms with E-state index in [9.17, 15) is 14.7 Å². The van der Waals surface area contributed by atoms with Crippen LogP contribution in [0.15, 0.2) is 84.9 Å². The number of aryl methyl sites for hydroxylation is 1. The number of thioether (sulfide) groups is 1. The van der Waals surface area contributed by atoms with Crippen molar-refractivity contribution in [3.8, 4) is 11.1 Å². The normalized spacial score (nSPS) is 11.7. The van der Waals surface area contributed by atoms with Crippen LogP contribution in [0.25, 0.3) is 34.1 Å². The van der Waals surface area contributed by atoms with E-state index in [0.717, 1.165) is 27.8 Å². The van der Waals surface area contributed by atoms with E-state index < -0.39 is 12.0 Å². The fourth-order valence-electron chi connectivity index (χ4n) is 4.27. The zero-order valence-corrected chi connectivity index (χ0v) is 22.2. The second-order valence-corrected chi connectivity index (χ2v) is 9.65. The van der Waals surface area contributed by atoms with Crippen molar-refractivity contribution >= 4 is 46.6 Å². The molecular weight excluding hydrogens is 473 g/mol. The van der Waals surface area contributed by atoms with Crippen molar-refractivity contribution in [1.82, 2.24) is 5.32 Å². The predicted octanol–water partition coefficient (Wildman–Crippen LogP) is 4.04. The molecule has 1 unspecified atom stereocenters. The number of hydrogen-bond acceptors (Lipinski definition) is 3.